The molecule has 0 spiro atoms. The maximum Gasteiger partial charge on any atom is 0.534 e. The third-order valence-corrected chi connectivity index (χ3v) is 4.67. The zero-order valence-corrected chi connectivity index (χ0v) is 13.3. The highest BCUT2D eigenvalue weighted by Gasteiger charge is 2.48. The van der Waals surface area contributed by atoms with E-state index in [9.17, 15) is 21.6 Å². The molecule has 2 rings (SSSR count). The molecule has 1 aromatic carbocycles. The summed E-state index contributed by atoms with van der Waals surface area (Å²) in [5, 5.41) is 0. The van der Waals surface area contributed by atoms with Gasteiger partial charge >= 0.3 is 15.6 Å². The van der Waals surface area contributed by atoms with Crippen LogP contribution in [-0.2, 0) is 23.1 Å². The number of unbranched alkanes of at least 4 members (excludes halogenated alkanes) is 1. The van der Waals surface area contributed by atoms with E-state index in [1.807, 2.05) is 0 Å². The Morgan fingerprint density at radius 2 is 1.96 bits per heavy atom. The Hall–Kier alpha value is -1.32. The molecule has 0 aliphatic carbocycles. The van der Waals surface area contributed by atoms with Gasteiger partial charge in [0, 0.05) is 13.1 Å². The Kier molecular flexibility index (Phi) is 5.53. The van der Waals surface area contributed by atoms with Crippen molar-refractivity contribution < 1.29 is 25.8 Å². The van der Waals surface area contributed by atoms with Crippen LogP contribution in [0.3, 0.4) is 0 Å². The van der Waals surface area contributed by atoms with Crippen molar-refractivity contribution >= 4 is 10.1 Å². The summed E-state index contributed by atoms with van der Waals surface area (Å²) in [4.78, 5) is 2.17. The molecular weight excluding hydrogens is 333 g/mol. The molecule has 0 amide bonds. The van der Waals surface area contributed by atoms with Crippen molar-refractivity contribution in [3.63, 3.8) is 0 Å². The lowest BCUT2D eigenvalue weighted by atomic mass is 9.99. The van der Waals surface area contributed by atoms with E-state index in [0.717, 1.165) is 43.5 Å². The molecule has 0 aromatic heterocycles. The van der Waals surface area contributed by atoms with E-state index in [4.69, 9.17) is 5.73 Å². The highest BCUT2D eigenvalue weighted by atomic mass is 32.2. The van der Waals surface area contributed by atoms with Gasteiger partial charge in [-0.3, -0.25) is 4.90 Å². The van der Waals surface area contributed by atoms with Gasteiger partial charge in [0.15, 0.2) is 0 Å². The minimum absolute atomic E-state index is 0.315. The van der Waals surface area contributed by atoms with Crippen molar-refractivity contribution in [2.75, 3.05) is 19.6 Å². The smallest absolute Gasteiger partial charge is 0.376 e. The van der Waals surface area contributed by atoms with Gasteiger partial charge in [0.05, 0.1) is 0 Å². The van der Waals surface area contributed by atoms with Crippen LogP contribution in [0.5, 0.6) is 5.75 Å². The van der Waals surface area contributed by atoms with Gasteiger partial charge in [-0.05, 0) is 55.6 Å². The first-order valence-electron chi connectivity index (χ1n) is 7.28. The average molecular weight is 352 g/mol. The maximum absolute atomic E-state index is 12.4. The second kappa shape index (κ2) is 7.06. The first-order chi connectivity index (χ1) is 10.7. The molecule has 130 valence electrons. The number of benzene rings is 1. The summed E-state index contributed by atoms with van der Waals surface area (Å²) in [6.07, 6.45) is 2.63. The molecule has 1 aliphatic rings. The predicted octanol–water partition coefficient (Wildman–Crippen LogP) is 2.01. The highest BCUT2D eigenvalue weighted by molar-refractivity contribution is 7.88. The monoisotopic (exact) mass is 352 g/mol. The van der Waals surface area contributed by atoms with Crippen LogP contribution in [0.25, 0.3) is 0 Å². The molecule has 0 radical (unpaired) electrons. The zero-order chi connectivity index (χ0) is 17.1. The largest absolute Gasteiger partial charge is 0.534 e. The summed E-state index contributed by atoms with van der Waals surface area (Å²) >= 11 is 0. The molecular formula is C14H19F3N2O3S. The fraction of sp³-hybridized carbons (Fsp3) is 0.571. The third kappa shape index (κ3) is 4.58. The summed E-state index contributed by atoms with van der Waals surface area (Å²) in [7, 11) is -5.64. The fourth-order valence-electron chi connectivity index (χ4n) is 2.49. The molecule has 1 heterocycles. The number of hydrogen-bond acceptors (Lipinski definition) is 5. The number of fused-ring (bicyclic) bond motifs is 1. The summed E-state index contributed by atoms with van der Waals surface area (Å²) < 4.78 is 63.4. The van der Waals surface area contributed by atoms with Gasteiger partial charge in [0.25, 0.3) is 0 Å². The van der Waals surface area contributed by atoms with Gasteiger partial charge in [-0.25, -0.2) is 0 Å². The number of alkyl halides is 3. The summed E-state index contributed by atoms with van der Waals surface area (Å²) in [6, 6.07) is 4.24. The van der Waals surface area contributed by atoms with Crippen molar-refractivity contribution in [1.82, 2.24) is 4.90 Å². The Morgan fingerprint density at radius 3 is 2.61 bits per heavy atom. The minimum Gasteiger partial charge on any atom is -0.376 e. The van der Waals surface area contributed by atoms with E-state index in [1.165, 1.54) is 12.1 Å². The molecule has 0 saturated heterocycles. The van der Waals surface area contributed by atoms with Crippen LogP contribution in [-0.4, -0.2) is 38.5 Å². The van der Waals surface area contributed by atoms with Gasteiger partial charge in [-0.15, -0.1) is 0 Å². The van der Waals surface area contributed by atoms with Crippen molar-refractivity contribution in [2.24, 2.45) is 5.73 Å². The van der Waals surface area contributed by atoms with E-state index >= 15 is 0 Å². The van der Waals surface area contributed by atoms with E-state index in [2.05, 4.69) is 9.08 Å². The van der Waals surface area contributed by atoms with Crippen LogP contribution >= 0.6 is 0 Å². The normalized spacial score (nSPS) is 16.2. The van der Waals surface area contributed by atoms with Gasteiger partial charge in [0.2, 0.25) is 0 Å². The second-order valence-electron chi connectivity index (χ2n) is 5.44. The molecule has 0 atom stereocenters. The molecule has 5 nitrogen and oxygen atoms in total. The minimum atomic E-state index is -5.64. The quantitative estimate of drug-likeness (QED) is 0.482. The first kappa shape index (κ1) is 18.0. The summed E-state index contributed by atoms with van der Waals surface area (Å²) in [5.74, 6) is -0.315. The Bertz CT molecular complexity index is 647. The molecule has 0 unspecified atom stereocenters. The summed E-state index contributed by atoms with van der Waals surface area (Å²) in [6.45, 7) is 2.89. The maximum atomic E-state index is 12.4. The number of hydrogen-bond donors (Lipinski definition) is 1. The fourth-order valence-corrected chi connectivity index (χ4v) is 2.94. The van der Waals surface area contributed by atoms with Crippen molar-refractivity contribution in [1.29, 1.82) is 0 Å². The molecule has 1 aromatic rings. The third-order valence-electron chi connectivity index (χ3n) is 3.69. The number of nitrogens with zero attached hydrogens (tertiary/aromatic N) is 1. The molecule has 23 heavy (non-hydrogen) atoms. The number of nitrogens with two attached hydrogens (primary N) is 1. The van der Waals surface area contributed by atoms with Crippen molar-refractivity contribution in [2.45, 2.75) is 31.3 Å². The van der Waals surface area contributed by atoms with Gasteiger partial charge < -0.3 is 9.92 Å². The van der Waals surface area contributed by atoms with Crippen molar-refractivity contribution in [3.05, 3.63) is 29.3 Å². The van der Waals surface area contributed by atoms with Crippen LogP contribution in [0, 0.1) is 0 Å². The Balaban J connectivity index is 2.09. The van der Waals surface area contributed by atoms with Gasteiger partial charge in [-0.1, -0.05) is 6.07 Å². The van der Waals surface area contributed by atoms with E-state index in [1.54, 1.807) is 6.07 Å². The predicted molar refractivity (Wildman–Crippen MR) is 79.3 cm³/mol. The van der Waals surface area contributed by atoms with Crippen LogP contribution in [0.2, 0.25) is 0 Å². The van der Waals surface area contributed by atoms with Crippen molar-refractivity contribution in [3.8, 4) is 5.75 Å². The molecule has 0 bridgehead atoms. The lowest BCUT2D eigenvalue weighted by Gasteiger charge is -2.29. The van der Waals surface area contributed by atoms with E-state index in [0.29, 0.717) is 13.1 Å². The van der Waals surface area contributed by atoms with Crippen LogP contribution in [0.1, 0.15) is 24.0 Å². The summed E-state index contributed by atoms with van der Waals surface area (Å²) in [5.41, 5.74) is 1.80. The van der Waals surface area contributed by atoms with E-state index < -0.39 is 15.6 Å². The number of halogens is 3. The van der Waals surface area contributed by atoms with Crippen LogP contribution in [0.4, 0.5) is 13.2 Å². The molecule has 0 fully saturated rings. The highest BCUT2D eigenvalue weighted by Crippen LogP contribution is 2.29. The lowest BCUT2D eigenvalue weighted by molar-refractivity contribution is -0.0500. The van der Waals surface area contributed by atoms with Crippen LogP contribution in [0.15, 0.2) is 18.2 Å². The molecule has 2 N–H and O–H groups in total. The second-order valence-corrected chi connectivity index (χ2v) is 6.97. The standard InChI is InChI=1S/C14H19F3N2O3S/c15-14(16,17)23(20,21)22-13-4-3-11-5-8-19(7-2-1-6-18)10-12(11)9-13/h3-4,9H,1-2,5-8,10,18H2. The average Bonchev–Trinajstić information content (AvgIpc) is 2.45. The van der Waals surface area contributed by atoms with Gasteiger partial charge in [-0.2, -0.15) is 21.6 Å². The molecule has 0 saturated carbocycles. The van der Waals surface area contributed by atoms with Crippen LogP contribution < -0.4 is 9.92 Å². The van der Waals surface area contributed by atoms with Gasteiger partial charge in [0.1, 0.15) is 5.75 Å². The number of rotatable bonds is 6. The SMILES string of the molecule is NCCCCN1CCc2ccc(OS(=O)(=O)C(F)(F)F)cc2C1. The Morgan fingerprint density at radius 1 is 1.22 bits per heavy atom. The zero-order valence-electron chi connectivity index (χ0n) is 12.5. The molecule has 9 heteroatoms. The lowest BCUT2D eigenvalue weighted by Crippen LogP contribution is -2.32. The Labute approximate surface area is 133 Å². The molecule has 1 aliphatic heterocycles. The van der Waals surface area contributed by atoms with E-state index in [-0.39, 0.29) is 5.75 Å². The first-order valence-corrected chi connectivity index (χ1v) is 8.69. The topological polar surface area (TPSA) is 72.6 Å².